The number of aryl methyl sites for hydroxylation is 1. The van der Waals surface area contributed by atoms with Gasteiger partial charge in [-0.15, -0.1) is 0 Å². The molecule has 0 fully saturated rings. The summed E-state index contributed by atoms with van der Waals surface area (Å²) in [6, 6.07) is 3.85. The predicted octanol–water partition coefficient (Wildman–Crippen LogP) is 2.11. The highest BCUT2D eigenvalue weighted by Crippen LogP contribution is 2.13. The molecule has 0 aliphatic heterocycles. The molecule has 0 saturated carbocycles. The summed E-state index contributed by atoms with van der Waals surface area (Å²) >= 11 is 5.74. The van der Waals surface area contributed by atoms with Crippen molar-refractivity contribution >= 4 is 11.6 Å². The number of nitrogens with zero attached hydrogens (tertiary/aromatic N) is 2. The average molecular weight is 167 g/mol. The minimum absolute atomic E-state index is 0.345. The third-order valence-corrected chi connectivity index (χ3v) is 1.76. The van der Waals surface area contributed by atoms with E-state index in [1.807, 2.05) is 19.1 Å². The van der Waals surface area contributed by atoms with Gasteiger partial charge in [-0.3, -0.25) is 4.98 Å². The Balaban J connectivity index is 2.98. The molecule has 2 nitrogen and oxygen atoms in total. The summed E-state index contributed by atoms with van der Waals surface area (Å²) in [6.45, 7) is 1.89. The van der Waals surface area contributed by atoms with Crippen molar-refractivity contribution in [2.75, 3.05) is 0 Å². The van der Waals surface area contributed by atoms with Crippen molar-refractivity contribution in [3.8, 4) is 6.07 Å². The van der Waals surface area contributed by atoms with Crippen molar-refractivity contribution in [2.45, 2.75) is 13.3 Å². The van der Waals surface area contributed by atoms with Crippen LogP contribution in [0.25, 0.3) is 0 Å². The molecule has 0 amide bonds. The van der Waals surface area contributed by atoms with Gasteiger partial charge < -0.3 is 0 Å². The van der Waals surface area contributed by atoms with Crippen LogP contribution in [0.2, 0.25) is 5.02 Å². The Kier molecular flexibility index (Phi) is 2.45. The maximum atomic E-state index is 8.36. The monoisotopic (exact) mass is 166 g/mol. The molecule has 1 aromatic rings. The van der Waals surface area contributed by atoms with Gasteiger partial charge in [-0.1, -0.05) is 11.6 Å². The van der Waals surface area contributed by atoms with Crippen molar-refractivity contribution in [3.05, 3.63) is 28.5 Å². The van der Waals surface area contributed by atoms with E-state index in [0.29, 0.717) is 11.4 Å². The molecular weight excluding hydrogens is 160 g/mol. The first-order valence-electron chi connectivity index (χ1n) is 3.22. The van der Waals surface area contributed by atoms with E-state index < -0.39 is 0 Å². The highest BCUT2D eigenvalue weighted by atomic mass is 35.5. The van der Waals surface area contributed by atoms with Crippen LogP contribution in [0.3, 0.4) is 0 Å². The second-order valence-electron chi connectivity index (χ2n) is 2.26. The molecule has 0 N–H and O–H groups in total. The fraction of sp³-hybridized carbons (Fsp3) is 0.250. The number of rotatable bonds is 1. The first-order valence-corrected chi connectivity index (χ1v) is 3.60. The van der Waals surface area contributed by atoms with Crippen molar-refractivity contribution in [1.29, 1.82) is 5.26 Å². The van der Waals surface area contributed by atoms with Crippen LogP contribution < -0.4 is 0 Å². The van der Waals surface area contributed by atoms with Gasteiger partial charge >= 0.3 is 0 Å². The van der Waals surface area contributed by atoms with Gasteiger partial charge in [-0.2, -0.15) is 5.26 Å². The highest BCUT2D eigenvalue weighted by Gasteiger charge is 1.97. The first kappa shape index (κ1) is 8.03. The van der Waals surface area contributed by atoms with E-state index in [1.165, 1.54) is 0 Å². The fourth-order valence-corrected chi connectivity index (χ4v) is 0.879. The Morgan fingerprint density at radius 2 is 2.45 bits per heavy atom. The molecule has 0 aliphatic rings. The molecule has 11 heavy (non-hydrogen) atoms. The normalized spacial score (nSPS) is 9.18. The van der Waals surface area contributed by atoms with E-state index in [1.54, 1.807) is 6.20 Å². The van der Waals surface area contributed by atoms with Gasteiger partial charge in [0, 0.05) is 6.20 Å². The van der Waals surface area contributed by atoms with Crippen molar-refractivity contribution in [3.63, 3.8) is 0 Å². The molecule has 0 aromatic carbocycles. The Morgan fingerprint density at radius 1 is 1.73 bits per heavy atom. The standard InChI is InChI=1S/C8H7ClN2/c1-6-4-7(2-3-10)11-5-8(6)9/h4-5H,2H2,1H3. The molecular formula is C8H7ClN2. The van der Waals surface area contributed by atoms with E-state index in [0.717, 1.165) is 11.3 Å². The van der Waals surface area contributed by atoms with Gasteiger partial charge in [0.25, 0.3) is 0 Å². The number of pyridine rings is 1. The first-order chi connectivity index (χ1) is 5.24. The SMILES string of the molecule is Cc1cc(CC#N)ncc1Cl. The number of hydrogen-bond donors (Lipinski definition) is 0. The molecule has 0 atom stereocenters. The summed E-state index contributed by atoms with van der Waals surface area (Å²) in [5, 5.41) is 9.00. The average Bonchev–Trinajstić information content (AvgIpc) is 1.98. The van der Waals surface area contributed by atoms with E-state index >= 15 is 0 Å². The lowest BCUT2D eigenvalue weighted by molar-refractivity contribution is 1.10. The minimum Gasteiger partial charge on any atom is -0.259 e. The van der Waals surface area contributed by atoms with Crippen LogP contribution in [-0.4, -0.2) is 4.98 Å². The van der Waals surface area contributed by atoms with Crippen molar-refractivity contribution in [2.24, 2.45) is 0 Å². The van der Waals surface area contributed by atoms with Gasteiger partial charge in [0.05, 0.1) is 23.2 Å². The van der Waals surface area contributed by atoms with Gasteiger partial charge in [-0.05, 0) is 18.6 Å². The van der Waals surface area contributed by atoms with Crippen LogP contribution in [0.15, 0.2) is 12.3 Å². The summed E-state index contributed by atoms with van der Waals surface area (Å²) in [4.78, 5) is 3.97. The van der Waals surface area contributed by atoms with Gasteiger partial charge in [0.1, 0.15) is 0 Å². The lowest BCUT2D eigenvalue weighted by Crippen LogP contribution is -1.88. The van der Waals surface area contributed by atoms with E-state index in [4.69, 9.17) is 16.9 Å². The molecule has 0 unspecified atom stereocenters. The van der Waals surface area contributed by atoms with E-state index in [-0.39, 0.29) is 0 Å². The molecule has 0 spiro atoms. The van der Waals surface area contributed by atoms with E-state index in [9.17, 15) is 0 Å². The summed E-state index contributed by atoms with van der Waals surface area (Å²) in [5.74, 6) is 0. The molecule has 1 aromatic heterocycles. The van der Waals surface area contributed by atoms with Crippen LogP contribution in [-0.2, 0) is 6.42 Å². The Bertz CT molecular complexity index is 301. The molecule has 3 heteroatoms. The van der Waals surface area contributed by atoms with Crippen molar-refractivity contribution < 1.29 is 0 Å². The molecule has 1 heterocycles. The Morgan fingerprint density at radius 3 is 3.00 bits per heavy atom. The Labute approximate surface area is 70.4 Å². The number of halogens is 1. The predicted molar refractivity (Wildman–Crippen MR) is 43.3 cm³/mol. The lowest BCUT2D eigenvalue weighted by Gasteiger charge is -1.97. The molecule has 0 saturated heterocycles. The van der Waals surface area contributed by atoms with Gasteiger partial charge in [-0.25, -0.2) is 0 Å². The number of nitriles is 1. The third kappa shape index (κ3) is 1.92. The largest absolute Gasteiger partial charge is 0.259 e. The fourth-order valence-electron chi connectivity index (χ4n) is 0.775. The molecule has 56 valence electrons. The zero-order valence-electron chi connectivity index (χ0n) is 6.13. The second kappa shape index (κ2) is 3.36. The maximum Gasteiger partial charge on any atom is 0.0774 e. The molecule has 0 radical (unpaired) electrons. The zero-order chi connectivity index (χ0) is 8.27. The number of hydrogen-bond acceptors (Lipinski definition) is 2. The summed E-state index contributed by atoms with van der Waals surface area (Å²) in [7, 11) is 0. The van der Waals surface area contributed by atoms with Gasteiger partial charge in [0.15, 0.2) is 0 Å². The smallest absolute Gasteiger partial charge is 0.0774 e. The molecule has 0 aliphatic carbocycles. The third-order valence-electron chi connectivity index (χ3n) is 1.36. The second-order valence-corrected chi connectivity index (χ2v) is 2.67. The molecule has 1 rings (SSSR count). The van der Waals surface area contributed by atoms with Crippen LogP contribution >= 0.6 is 11.6 Å². The summed E-state index contributed by atoms with van der Waals surface area (Å²) in [6.07, 6.45) is 1.92. The molecule has 0 bridgehead atoms. The summed E-state index contributed by atoms with van der Waals surface area (Å²) in [5.41, 5.74) is 1.74. The quantitative estimate of drug-likeness (QED) is 0.641. The van der Waals surface area contributed by atoms with E-state index in [2.05, 4.69) is 4.98 Å². The zero-order valence-corrected chi connectivity index (χ0v) is 6.89. The Hall–Kier alpha value is -1.07. The minimum atomic E-state index is 0.345. The lowest BCUT2D eigenvalue weighted by atomic mass is 10.2. The van der Waals surface area contributed by atoms with Crippen LogP contribution in [0.1, 0.15) is 11.3 Å². The topological polar surface area (TPSA) is 36.7 Å². The summed E-state index contributed by atoms with van der Waals surface area (Å²) < 4.78 is 0. The van der Waals surface area contributed by atoms with Crippen molar-refractivity contribution in [1.82, 2.24) is 4.98 Å². The maximum absolute atomic E-state index is 8.36. The number of aromatic nitrogens is 1. The van der Waals surface area contributed by atoms with Crippen LogP contribution in [0, 0.1) is 18.3 Å². The van der Waals surface area contributed by atoms with Gasteiger partial charge in [0.2, 0.25) is 0 Å². The van der Waals surface area contributed by atoms with Crippen LogP contribution in [0.5, 0.6) is 0 Å². The highest BCUT2D eigenvalue weighted by molar-refractivity contribution is 6.31. The van der Waals surface area contributed by atoms with Crippen LogP contribution in [0.4, 0.5) is 0 Å².